The number of aliphatic imine (C=N–C) groups is 1. The predicted octanol–water partition coefficient (Wildman–Crippen LogP) is 0.663. The molecule has 1 heterocycles. The molecule has 0 aliphatic carbocycles. The van der Waals surface area contributed by atoms with E-state index in [0.29, 0.717) is 19.0 Å². The van der Waals surface area contributed by atoms with Gasteiger partial charge in [0.2, 0.25) is 5.91 Å². The minimum absolute atomic E-state index is 0.0321. The number of carbonyl (C=O) groups is 1. The van der Waals surface area contributed by atoms with Gasteiger partial charge >= 0.3 is 0 Å². The molecule has 6 heteroatoms. The smallest absolute Gasteiger partial charge is 0.239 e. The van der Waals surface area contributed by atoms with E-state index in [-0.39, 0.29) is 12.5 Å². The van der Waals surface area contributed by atoms with Crippen molar-refractivity contribution in [2.75, 3.05) is 19.6 Å². The molecule has 0 unspecified atom stereocenters. The molecule has 0 aliphatic heterocycles. The lowest BCUT2D eigenvalue weighted by Crippen LogP contribution is -2.43. The number of guanidine groups is 1. The van der Waals surface area contributed by atoms with Gasteiger partial charge in [-0.05, 0) is 25.5 Å². The van der Waals surface area contributed by atoms with Crippen LogP contribution in [0.2, 0.25) is 0 Å². The van der Waals surface area contributed by atoms with Crippen molar-refractivity contribution in [1.29, 1.82) is 0 Å². The summed E-state index contributed by atoms with van der Waals surface area (Å²) in [6.07, 6.45) is 2.67. The molecule has 0 aromatic carbocycles. The van der Waals surface area contributed by atoms with E-state index in [1.807, 2.05) is 32.0 Å². The van der Waals surface area contributed by atoms with Gasteiger partial charge < -0.3 is 16.0 Å². The zero-order valence-corrected chi connectivity index (χ0v) is 12.1. The van der Waals surface area contributed by atoms with Gasteiger partial charge in [0, 0.05) is 19.3 Å². The highest BCUT2D eigenvalue weighted by Crippen LogP contribution is 1.95. The average molecular weight is 277 g/mol. The zero-order valence-electron chi connectivity index (χ0n) is 12.1. The lowest BCUT2D eigenvalue weighted by Gasteiger charge is -2.11. The van der Waals surface area contributed by atoms with E-state index in [0.717, 1.165) is 18.7 Å². The van der Waals surface area contributed by atoms with Crippen molar-refractivity contribution in [2.45, 2.75) is 26.8 Å². The van der Waals surface area contributed by atoms with E-state index in [1.54, 1.807) is 6.20 Å². The van der Waals surface area contributed by atoms with Gasteiger partial charge in [0.1, 0.15) is 0 Å². The molecule has 1 aromatic rings. The Morgan fingerprint density at radius 3 is 2.75 bits per heavy atom. The molecule has 1 aromatic heterocycles. The number of nitrogens with one attached hydrogen (secondary N) is 3. The average Bonchev–Trinajstić information content (AvgIpc) is 2.49. The molecule has 0 spiro atoms. The van der Waals surface area contributed by atoms with E-state index in [1.165, 1.54) is 0 Å². The molecule has 0 atom stereocenters. The van der Waals surface area contributed by atoms with Crippen molar-refractivity contribution in [1.82, 2.24) is 20.9 Å². The van der Waals surface area contributed by atoms with Gasteiger partial charge in [-0.15, -0.1) is 0 Å². The van der Waals surface area contributed by atoms with Crippen molar-refractivity contribution in [3.05, 3.63) is 30.1 Å². The first-order valence-corrected chi connectivity index (χ1v) is 6.95. The van der Waals surface area contributed by atoms with Crippen LogP contribution in [0.4, 0.5) is 0 Å². The van der Waals surface area contributed by atoms with Crippen molar-refractivity contribution < 1.29 is 4.79 Å². The third-order valence-corrected chi connectivity index (χ3v) is 2.46. The zero-order chi connectivity index (χ0) is 14.6. The van der Waals surface area contributed by atoms with Crippen LogP contribution in [0.25, 0.3) is 0 Å². The van der Waals surface area contributed by atoms with Crippen LogP contribution in [-0.4, -0.2) is 36.5 Å². The molecular formula is C14H23N5O. The van der Waals surface area contributed by atoms with Crippen LogP contribution in [0.5, 0.6) is 0 Å². The van der Waals surface area contributed by atoms with Crippen LogP contribution in [-0.2, 0) is 11.3 Å². The van der Waals surface area contributed by atoms with Gasteiger partial charge in [-0.3, -0.25) is 9.78 Å². The van der Waals surface area contributed by atoms with E-state index in [2.05, 4.69) is 25.9 Å². The summed E-state index contributed by atoms with van der Waals surface area (Å²) in [6, 6.07) is 5.71. The Bertz CT molecular complexity index is 419. The Labute approximate surface area is 120 Å². The Balaban J connectivity index is 2.45. The van der Waals surface area contributed by atoms with Crippen LogP contribution >= 0.6 is 0 Å². The van der Waals surface area contributed by atoms with E-state index in [4.69, 9.17) is 0 Å². The number of hydrogen-bond donors (Lipinski definition) is 3. The van der Waals surface area contributed by atoms with Crippen molar-refractivity contribution >= 4 is 11.9 Å². The number of pyridine rings is 1. The van der Waals surface area contributed by atoms with E-state index < -0.39 is 0 Å². The molecule has 110 valence electrons. The van der Waals surface area contributed by atoms with Gasteiger partial charge in [-0.1, -0.05) is 13.0 Å². The van der Waals surface area contributed by atoms with Gasteiger partial charge in [0.05, 0.1) is 18.8 Å². The Hall–Kier alpha value is -2.11. The summed E-state index contributed by atoms with van der Waals surface area (Å²) in [5.41, 5.74) is 0.889. The van der Waals surface area contributed by atoms with Crippen molar-refractivity contribution in [2.24, 2.45) is 4.99 Å². The fourth-order valence-corrected chi connectivity index (χ4v) is 1.48. The number of hydrogen-bond acceptors (Lipinski definition) is 3. The SMILES string of the molecule is CCCNC(=O)CNC(=NCc1ccccn1)NCC. The molecule has 20 heavy (non-hydrogen) atoms. The lowest BCUT2D eigenvalue weighted by atomic mass is 10.3. The molecule has 3 N–H and O–H groups in total. The number of rotatable bonds is 7. The van der Waals surface area contributed by atoms with Crippen LogP contribution in [0.15, 0.2) is 29.4 Å². The Morgan fingerprint density at radius 2 is 2.10 bits per heavy atom. The monoisotopic (exact) mass is 277 g/mol. The van der Waals surface area contributed by atoms with Crippen molar-refractivity contribution in [3.8, 4) is 0 Å². The summed E-state index contributed by atoms with van der Waals surface area (Å²) in [4.78, 5) is 20.1. The molecule has 6 nitrogen and oxygen atoms in total. The molecular weight excluding hydrogens is 254 g/mol. The highest BCUT2D eigenvalue weighted by molar-refractivity contribution is 5.86. The second-order valence-electron chi connectivity index (χ2n) is 4.22. The summed E-state index contributed by atoms with van der Waals surface area (Å²) >= 11 is 0. The maximum Gasteiger partial charge on any atom is 0.239 e. The standard InChI is InChI=1S/C14H23N5O/c1-3-8-17-13(20)11-19-14(15-4-2)18-10-12-7-5-6-9-16-12/h5-7,9H,3-4,8,10-11H2,1-2H3,(H,17,20)(H2,15,18,19). The largest absolute Gasteiger partial charge is 0.357 e. The summed E-state index contributed by atoms with van der Waals surface area (Å²) in [6.45, 7) is 6.13. The number of aromatic nitrogens is 1. The molecule has 0 radical (unpaired) electrons. The summed E-state index contributed by atoms with van der Waals surface area (Å²) in [5.74, 6) is 0.583. The molecule has 0 fully saturated rings. The fourth-order valence-electron chi connectivity index (χ4n) is 1.48. The minimum Gasteiger partial charge on any atom is -0.357 e. The highest BCUT2D eigenvalue weighted by atomic mass is 16.1. The van der Waals surface area contributed by atoms with E-state index >= 15 is 0 Å². The number of carbonyl (C=O) groups excluding carboxylic acids is 1. The van der Waals surface area contributed by atoms with Crippen LogP contribution < -0.4 is 16.0 Å². The molecule has 1 rings (SSSR count). The second-order valence-corrected chi connectivity index (χ2v) is 4.22. The van der Waals surface area contributed by atoms with Gasteiger partial charge in [-0.2, -0.15) is 0 Å². The quantitative estimate of drug-likeness (QED) is 0.505. The first-order valence-electron chi connectivity index (χ1n) is 6.95. The topological polar surface area (TPSA) is 78.4 Å². The van der Waals surface area contributed by atoms with Crippen LogP contribution in [0.3, 0.4) is 0 Å². The van der Waals surface area contributed by atoms with Crippen molar-refractivity contribution in [3.63, 3.8) is 0 Å². The summed E-state index contributed by atoms with van der Waals surface area (Å²) in [5, 5.41) is 8.90. The fraction of sp³-hybridized carbons (Fsp3) is 0.500. The molecule has 0 aliphatic rings. The summed E-state index contributed by atoms with van der Waals surface area (Å²) in [7, 11) is 0. The third-order valence-electron chi connectivity index (χ3n) is 2.46. The maximum absolute atomic E-state index is 11.5. The second kappa shape index (κ2) is 9.77. The molecule has 0 saturated heterocycles. The van der Waals surface area contributed by atoms with Gasteiger partial charge in [0.15, 0.2) is 5.96 Å². The summed E-state index contributed by atoms with van der Waals surface area (Å²) < 4.78 is 0. The highest BCUT2D eigenvalue weighted by Gasteiger charge is 2.02. The number of amides is 1. The van der Waals surface area contributed by atoms with Gasteiger partial charge in [0.25, 0.3) is 0 Å². The Morgan fingerprint density at radius 1 is 1.25 bits per heavy atom. The maximum atomic E-state index is 11.5. The van der Waals surface area contributed by atoms with Crippen LogP contribution in [0, 0.1) is 0 Å². The minimum atomic E-state index is -0.0321. The number of nitrogens with zero attached hydrogens (tertiary/aromatic N) is 2. The molecule has 0 bridgehead atoms. The van der Waals surface area contributed by atoms with Crippen LogP contribution in [0.1, 0.15) is 26.0 Å². The molecule has 0 saturated carbocycles. The first-order chi connectivity index (χ1) is 9.76. The van der Waals surface area contributed by atoms with E-state index in [9.17, 15) is 4.79 Å². The Kier molecular flexibility index (Phi) is 7.79. The van der Waals surface area contributed by atoms with Gasteiger partial charge in [-0.25, -0.2) is 4.99 Å². The first kappa shape index (κ1) is 15.9. The third kappa shape index (κ3) is 6.72. The normalized spacial score (nSPS) is 11.0. The lowest BCUT2D eigenvalue weighted by molar-refractivity contribution is -0.120. The molecule has 1 amide bonds. The predicted molar refractivity (Wildman–Crippen MR) is 80.4 cm³/mol.